The van der Waals surface area contributed by atoms with Crippen LogP contribution < -0.4 is 0 Å². The summed E-state index contributed by atoms with van der Waals surface area (Å²) in [6.45, 7) is 1.56. The molecule has 0 amide bonds. The first-order valence-electron chi connectivity index (χ1n) is 6.77. The fourth-order valence-electron chi connectivity index (χ4n) is 1.83. The number of Topliss-reactive ketones (excluding diaryl/α,β-unsaturated/α-hetero) is 1. The molecule has 0 saturated carbocycles. The third-order valence-corrected chi connectivity index (χ3v) is 5.02. The fraction of sp³-hybridized carbons (Fsp3) is 0.125. The highest BCUT2D eigenvalue weighted by atomic mass is 32.1. The van der Waals surface area contributed by atoms with E-state index < -0.39 is 5.97 Å². The van der Waals surface area contributed by atoms with E-state index in [1.54, 1.807) is 18.3 Å². The zero-order valence-corrected chi connectivity index (χ0v) is 13.8. The molecule has 3 aromatic rings. The minimum Gasteiger partial charge on any atom is -0.455 e. The smallest absolute Gasteiger partial charge is 0.348 e. The summed E-state index contributed by atoms with van der Waals surface area (Å²) in [6.07, 6.45) is 1.71. The predicted molar refractivity (Wildman–Crippen MR) is 88.8 cm³/mol. The quantitative estimate of drug-likeness (QED) is 0.520. The Morgan fingerprint density at radius 3 is 2.70 bits per heavy atom. The van der Waals surface area contributed by atoms with Crippen molar-refractivity contribution in [2.24, 2.45) is 0 Å². The molecule has 116 valence electrons. The first kappa shape index (κ1) is 15.5. The van der Waals surface area contributed by atoms with Gasteiger partial charge in [-0.25, -0.2) is 9.78 Å². The van der Waals surface area contributed by atoms with Crippen LogP contribution in [0.25, 0.3) is 10.7 Å². The summed E-state index contributed by atoms with van der Waals surface area (Å²) < 4.78 is 5.24. The molecule has 23 heavy (non-hydrogen) atoms. The van der Waals surface area contributed by atoms with E-state index in [-0.39, 0.29) is 12.4 Å². The largest absolute Gasteiger partial charge is 0.455 e. The standard InChI is InChI=1S/C16H12N2O3S2/c1-10(19)13-5-6-14(23-13)16(20)21-8-11-9-22-15(18-11)12-4-2-3-7-17-12/h2-7,9H,8H2,1H3. The molecular formula is C16H12N2O3S2. The minimum absolute atomic E-state index is 0.0615. The average Bonchev–Trinajstić information content (AvgIpc) is 3.23. The van der Waals surface area contributed by atoms with Crippen molar-refractivity contribution < 1.29 is 14.3 Å². The molecule has 0 aliphatic rings. The highest BCUT2D eigenvalue weighted by molar-refractivity contribution is 7.15. The van der Waals surface area contributed by atoms with Crippen molar-refractivity contribution in [3.05, 3.63) is 57.4 Å². The van der Waals surface area contributed by atoms with Crippen molar-refractivity contribution >= 4 is 34.4 Å². The lowest BCUT2D eigenvalue weighted by Crippen LogP contribution is -2.03. The van der Waals surface area contributed by atoms with Crippen LogP contribution >= 0.6 is 22.7 Å². The summed E-state index contributed by atoms with van der Waals surface area (Å²) in [5.74, 6) is -0.511. The number of ether oxygens (including phenoxy) is 1. The number of hydrogen-bond donors (Lipinski definition) is 0. The molecule has 0 aromatic carbocycles. The number of esters is 1. The second-order valence-corrected chi connectivity index (χ2v) is 6.60. The topological polar surface area (TPSA) is 69.2 Å². The number of rotatable bonds is 5. The normalized spacial score (nSPS) is 10.5. The van der Waals surface area contributed by atoms with Gasteiger partial charge in [-0.15, -0.1) is 22.7 Å². The molecule has 3 aromatic heterocycles. The molecule has 0 atom stereocenters. The Balaban J connectivity index is 1.63. The van der Waals surface area contributed by atoms with Crippen LogP contribution in [-0.4, -0.2) is 21.7 Å². The van der Waals surface area contributed by atoms with E-state index in [1.807, 2.05) is 23.6 Å². The predicted octanol–water partition coefficient (Wildman–Crippen LogP) is 3.83. The number of thiazole rings is 1. The maximum absolute atomic E-state index is 12.0. The number of carbonyl (C=O) groups excluding carboxylic acids is 2. The maximum Gasteiger partial charge on any atom is 0.348 e. The van der Waals surface area contributed by atoms with E-state index >= 15 is 0 Å². The lowest BCUT2D eigenvalue weighted by atomic mass is 10.3. The maximum atomic E-state index is 12.0. The van der Waals surface area contributed by atoms with Crippen LogP contribution in [0.5, 0.6) is 0 Å². The highest BCUT2D eigenvalue weighted by Gasteiger charge is 2.14. The number of carbonyl (C=O) groups is 2. The molecular weight excluding hydrogens is 332 g/mol. The van der Waals surface area contributed by atoms with Crippen molar-refractivity contribution in [1.29, 1.82) is 0 Å². The van der Waals surface area contributed by atoms with Crippen LogP contribution in [-0.2, 0) is 11.3 Å². The van der Waals surface area contributed by atoms with Gasteiger partial charge in [-0.05, 0) is 31.2 Å². The van der Waals surface area contributed by atoms with Crippen LogP contribution in [0, 0.1) is 0 Å². The van der Waals surface area contributed by atoms with Crippen molar-refractivity contribution in [2.75, 3.05) is 0 Å². The number of thiophene rings is 1. The Labute approximate surface area is 140 Å². The Bertz CT molecular complexity index is 840. The molecule has 5 nitrogen and oxygen atoms in total. The summed E-state index contributed by atoms with van der Waals surface area (Å²) in [5, 5.41) is 2.62. The van der Waals surface area contributed by atoms with E-state index in [1.165, 1.54) is 18.3 Å². The fourth-order valence-corrected chi connectivity index (χ4v) is 3.40. The van der Waals surface area contributed by atoms with Gasteiger partial charge in [-0.1, -0.05) is 6.07 Å². The lowest BCUT2D eigenvalue weighted by molar-refractivity contribution is 0.0474. The molecule has 0 saturated heterocycles. The van der Waals surface area contributed by atoms with Gasteiger partial charge in [0.05, 0.1) is 16.3 Å². The number of aromatic nitrogens is 2. The van der Waals surface area contributed by atoms with Crippen molar-refractivity contribution in [3.8, 4) is 10.7 Å². The van der Waals surface area contributed by atoms with E-state index in [2.05, 4.69) is 9.97 Å². The summed E-state index contributed by atoms with van der Waals surface area (Å²) in [6, 6.07) is 8.85. The molecule has 0 aliphatic heterocycles. The molecule has 0 aliphatic carbocycles. The highest BCUT2D eigenvalue weighted by Crippen LogP contribution is 2.22. The van der Waals surface area contributed by atoms with E-state index in [4.69, 9.17) is 4.74 Å². The molecule has 0 fully saturated rings. The summed E-state index contributed by atoms with van der Waals surface area (Å²) in [7, 11) is 0. The third-order valence-electron chi connectivity index (χ3n) is 2.94. The molecule has 0 bridgehead atoms. The Morgan fingerprint density at radius 1 is 1.17 bits per heavy atom. The first-order valence-corrected chi connectivity index (χ1v) is 8.47. The van der Waals surface area contributed by atoms with Crippen LogP contribution in [0.3, 0.4) is 0 Å². The monoisotopic (exact) mass is 344 g/mol. The second-order valence-electron chi connectivity index (χ2n) is 4.66. The number of ketones is 1. The van der Waals surface area contributed by atoms with Crippen LogP contribution in [0.2, 0.25) is 0 Å². The SMILES string of the molecule is CC(=O)c1ccc(C(=O)OCc2csc(-c3ccccn3)n2)s1. The first-order chi connectivity index (χ1) is 11.1. The average molecular weight is 344 g/mol. The Morgan fingerprint density at radius 2 is 2.00 bits per heavy atom. The lowest BCUT2D eigenvalue weighted by Gasteiger charge is -2.00. The zero-order chi connectivity index (χ0) is 16.2. The molecule has 0 unspecified atom stereocenters. The summed E-state index contributed by atoms with van der Waals surface area (Å²) >= 11 is 2.59. The molecule has 0 radical (unpaired) electrons. The van der Waals surface area contributed by atoms with Gasteiger partial charge in [0, 0.05) is 11.6 Å². The summed E-state index contributed by atoms with van der Waals surface area (Å²) in [4.78, 5) is 32.8. The van der Waals surface area contributed by atoms with Gasteiger partial charge in [-0.3, -0.25) is 9.78 Å². The van der Waals surface area contributed by atoms with Gasteiger partial charge in [0.1, 0.15) is 16.5 Å². The third kappa shape index (κ3) is 3.69. The van der Waals surface area contributed by atoms with Crippen LogP contribution in [0.1, 0.15) is 32.0 Å². The van der Waals surface area contributed by atoms with Gasteiger partial charge in [0.15, 0.2) is 5.78 Å². The Kier molecular flexibility index (Phi) is 4.59. The van der Waals surface area contributed by atoms with Gasteiger partial charge in [0.2, 0.25) is 0 Å². The van der Waals surface area contributed by atoms with Crippen molar-refractivity contribution in [2.45, 2.75) is 13.5 Å². The van der Waals surface area contributed by atoms with E-state index in [0.717, 1.165) is 22.0 Å². The van der Waals surface area contributed by atoms with E-state index in [9.17, 15) is 9.59 Å². The van der Waals surface area contributed by atoms with Crippen LogP contribution in [0.4, 0.5) is 0 Å². The number of hydrogen-bond acceptors (Lipinski definition) is 7. The Hall–Kier alpha value is -2.38. The van der Waals surface area contributed by atoms with Crippen molar-refractivity contribution in [1.82, 2.24) is 9.97 Å². The van der Waals surface area contributed by atoms with E-state index in [0.29, 0.717) is 15.4 Å². The minimum atomic E-state index is -0.449. The number of pyridine rings is 1. The number of nitrogens with zero attached hydrogens (tertiary/aromatic N) is 2. The summed E-state index contributed by atoms with van der Waals surface area (Å²) in [5.41, 5.74) is 1.46. The van der Waals surface area contributed by atoms with Gasteiger partial charge >= 0.3 is 5.97 Å². The van der Waals surface area contributed by atoms with Crippen LogP contribution in [0.15, 0.2) is 41.9 Å². The molecule has 0 N–H and O–H groups in total. The van der Waals surface area contributed by atoms with Gasteiger partial charge in [-0.2, -0.15) is 0 Å². The van der Waals surface area contributed by atoms with Gasteiger partial charge in [0.25, 0.3) is 0 Å². The zero-order valence-electron chi connectivity index (χ0n) is 12.2. The van der Waals surface area contributed by atoms with Crippen molar-refractivity contribution in [3.63, 3.8) is 0 Å². The second kappa shape index (κ2) is 6.80. The molecule has 3 heterocycles. The van der Waals surface area contributed by atoms with Gasteiger partial charge < -0.3 is 4.74 Å². The molecule has 0 spiro atoms. The molecule has 7 heteroatoms. The molecule has 3 rings (SSSR count).